The van der Waals surface area contributed by atoms with Crippen molar-refractivity contribution in [2.45, 2.75) is 38.5 Å². The van der Waals surface area contributed by atoms with Crippen molar-refractivity contribution < 1.29 is 4.42 Å². The summed E-state index contributed by atoms with van der Waals surface area (Å²) in [5, 5.41) is 4.59. The number of nitrogens with zero attached hydrogens (tertiary/aromatic N) is 1. The van der Waals surface area contributed by atoms with Crippen LogP contribution in [0.25, 0.3) is 88.3 Å². The predicted octanol–water partition coefficient (Wildman–Crippen LogP) is 17.8. The molecule has 0 unspecified atom stereocenters. The summed E-state index contributed by atoms with van der Waals surface area (Å²) in [6.07, 6.45) is 0. The highest BCUT2D eigenvalue weighted by Gasteiger charge is 2.38. The molecule has 314 valence electrons. The predicted molar refractivity (Wildman–Crippen MR) is 277 cm³/mol. The van der Waals surface area contributed by atoms with Gasteiger partial charge in [0.15, 0.2) is 0 Å². The molecule has 11 aromatic rings. The van der Waals surface area contributed by atoms with Gasteiger partial charge in [0.1, 0.15) is 11.2 Å². The van der Waals surface area contributed by atoms with Crippen LogP contribution in [0, 0.1) is 0 Å². The average Bonchev–Trinajstić information content (AvgIpc) is 3.94. The zero-order valence-corrected chi connectivity index (χ0v) is 37.6. The minimum absolute atomic E-state index is 0.115. The molecular weight excluding hydrogens is 799 g/mol. The fraction of sp³-hybridized carbons (Fsp3) is 0.0938. The number of hydrogen-bond acceptors (Lipinski definition) is 2. The van der Waals surface area contributed by atoms with E-state index in [9.17, 15) is 0 Å². The number of para-hydroxylation sites is 1. The molecule has 2 nitrogen and oxygen atoms in total. The Kier molecular flexibility index (Phi) is 8.33. The van der Waals surface area contributed by atoms with Crippen LogP contribution in [0.1, 0.15) is 49.9 Å². The van der Waals surface area contributed by atoms with E-state index in [1.54, 1.807) is 0 Å². The molecule has 66 heavy (non-hydrogen) atoms. The van der Waals surface area contributed by atoms with Crippen molar-refractivity contribution in [2.24, 2.45) is 0 Å². The number of anilines is 3. The first-order valence-corrected chi connectivity index (χ1v) is 23.2. The van der Waals surface area contributed by atoms with Crippen molar-refractivity contribution in [2.75, 3.05) is 4.90 Å². The fourth-order valence-corrected chi connectivity index (χ4v) is 11.6. The second kappa shape index (κ2) is 14.3. The maximum absolute atomic E-state index is 6.70. The molecule has 0 radical (unpaired) electrons. The van der Waals surface area contributed by atoms with Crippen LogP contribution in [0.2, 0.25) is 0 Å². The summed E-state index contributed by atoms with van der Waals surface area (Å²) in [5.74, 6) is 0. The molecule has 0 aliphatic heterocycles. The number of hydrogen-bond donors (Lipinski definition) is 0. The Hall–Kier alpha value is -7.94. The molecule has 0 bridgehead atoms. The zero-order valence-electron chi connectivity index (χ0n) is 37.6. The van der Waals surface area contributed by atoms with E-state index in [1.165, 1.54) is 77.7 Å². The van der Waals surface area contributed by atoms with Gasteiger partial charge in [0.05, 0.1) is 0 Å². The summed E-state index contributed by atoms with van der Waals surface area (Å²) >= 11 is 0. The van der Waals surface area contributed by atoms with E-state index in [0.29, 0.717) is 0 Å². The van der Waals surface area contributed by atoms with Crippen molar-refractivity contribution in [3.05, 3.63) is 235 Å². The summed E-state index contributed by atoms with van der Waals surface area (Å²) in [5.41, 5.74) is 22.9. The molecule has 2 aliphatic carbocycles. The van der Waals surface area contributed by atoms with E-state index in [0.717, 1.165) is 50.0 Å². The van der Waals surface area contributed by atoms with Crippen LogP contribution in [-0.2, 0) is 10.8 Å². The first-order chi connectivity index (χ1) is 32.3. The molecule has 0 atom stereocenters. The lowest BCUT2D eigenvalue weighted by Gasteiger charge is -2.30. The number of fused-ring (bicyclic) bond motifs is 11. The Balaban J connectivity index is 0.929. The lowest BCUT2D eigenvalue weighted by molar-refractivity contribution is 0.660. The highest BCUT2D eigenvalue weighted by molar-refractivity contribution is 6.26. The second-order valence-electron chi connectivity index (χ2n) is 19.2. The van der Waals surface area contributed by atoms with Gasteiger partial charge < -0.3 is 9.32 Å². The van der Waals surface area contributed by atoms with E-state index in [2.05, 4.69) is 245 Å². The Bertz CT molecular complexity index is 3630. The molecule has 1 heterocycles. The molecule has 10 aromatic carbocycles. The summed E-state index contributed by atoms with van der Waals surface area (Å²) in [6, 6.07) is 78.2. The molecule has 0 amide bonds. The monoisotopic (exact) mass is 845 g/mol. The minimum Gasteiger partial charge on any atom is -0.455 e. The van der Waals surface area contributed by atoms with E-state index >= 15 is 0 Å². The quantitative estimate of drug-likeness (QED) is 0.166. The maximum atomic E-state index is 6.70. The van der Waals surface area contributed by atoms with Gasteiger partial charge in [-0.2, -0.15) is 0 Å². The average molecular weight is 846 g/mol. The lowest BCUT2D eigenvalue weighted by Crippen LogP contribution is -2.18. The van der Waals surface area contributed by atoms with Crippen LogP contribution in [0.15, 0.2) is 217 Å². The molecule has 2 heteroatoms. The van der Waals surface area contributed by atoms with Crippen molar-refractivity contribution >= 4 is 49.8 Å². The van der Waals surface area contributed by atoms with Gasteiger partial charge in [0.25, 0.3) is 0 Å². The van der Waals surface area contributed by atoms with Gasteiger partial charge in [-0.1, -0.05) is 198 Å². The van der Waals surface area contributed by atoms with E-state index < -0.39 is 0 Å². The van der Waals surface area contributed by atoms with Crippen LogP contribution < -0.4 is 4.90 Å². The first kappa shape index (κ1) is 38.5. The van der Waals surface area contributed by atoms with E-state index in [1.807, 2.05) is 0 Å². The Labute approximate surface area is 386 Å². The van der Waals surface area contributed by atoms with Crippen LogP contribution in [0.3, 0.4) is 0 Å². The van der Waals surface area contributed by atoms with Crippen molar-refractivity contribution in [3.8, 4) is 55.6 Å². The van der Waals surface area contributed by atoms with Gasteiger partial charge in [0, 0.05) is 49.6 Å². The SMILES string of the molecule is CC1(C)c2ccccc2-c2ccc(N(c3ccc(-c4ccc(-c5c(-c6ccccc6)c6ccccc6c6oc7ccccc7c56)cc4)cc3)c3ccc4c(c3)C(C)(C)c3ccccc3-4)cc21. The van der Waals surface area contributed by atoms with Crippen LogP contribution in [0.4, 0.5) is 17.1 Å². The number of rotatable bonds is 6. The smallest absolute Gasteiger partial charge is 0.143 e. The van der Waals surface area contributed by atoms with Gasteiger partial charge in [-0.25, -0.2) is 0 Å². The molecule has 2 aliphatic rings. The van der Waals surface area contributed by atoms with Crippen LogP contribution >= 0.6 is 0 Å². The zero-order chi connectivity index (χ0) is 44.3. The van der Waals surface area contributed by atoms with Crippen molar-refractivity contribution in [3.63, 3.8) is 0 Å². The van der Waals surface area contributed by atoms with Gasteiger partial charge in [0.2, 0.25) is 0 Å². The summed E-state index contributed by atoms with van der Waals surface area (Å²) < 4.78 is 6.70. The molecule has 0 saturated heterocycles. The Morgan fingerprint density at radius 3 is 1.38 bits per heavy atom. The molecule has 1 aromatic heterocycles. The van der Waals surface area contributed by atoms with E-state index in [-0.39, 0.29) is 10.8 Å². The summed E-state index contributed by atoms with van der Waals surface area (Å²) in [7, 11) is 0. The third kappa shape index (κ3) is 5.61. The number of furan rings is 1. The standard InChI is InChI=1S/C64H47NO/c1-63(2)54-23-13-10-18-47(54)49-36-34-45(38-56(49)63)65(46-35-37-50-48-19-11-14-24-55(48)64(3,4)57(50)39-46)44-32-30-41(31-33-44)40-26-28-43(29-27-40)60-59(42-16-6-5-7-17-42)51-20-8-9-21-52(51)62-61(60)53-22-12-15-25-58(53)66-62/h5-39H,1-4H3. The molecule has 13 rings (SSSR count). The fourth-order valence-electron chi connectivity index (χ4n) is 11.6. The molecule has 0 N–H and O–H groups in total. The third-order valence-electron chi connectivity index (χ3n) is 14.9. The van der Waals surface area contributed by atoms with Gasteiger partial charge >= 0.3 is 0 Å². The van der Waals surface area contributed by atoms with Gasteiger partial charge in [-0.15, -0.1) is 0 Å². The van der Waals surface area contributed by atoms with Crippen molar-refractivity contribution in [1.82, 2.24) is 0 Å². The van der Waals surface area contributed by atoms with Gasteiger partial charge in [-0.3, -0.25) is 0 Å². The summed E-state index contributed by atoms with van der Waals surface area (Å²) in [4.78, 5) is 2.46. The Morgan fingerprint density at radius 1 is 0.333 bits per heavy atom. The highest BCUT2D eigenvalue weighted by Crippen LogP contribution is 2.54. The van der Waals surface area contributed by atoms with Crippen LogP contribution in [-0.4, -0.2) is 0 Å². The second-order valence-corrected chi connectivity index (χ2v) is 19.2. The summed E-state index contributed by atoms with van der Waals surface area (Å²) in [6.45, 7) is 9.46. The topological polar surface area (TPSA) is 16.4 Å². The Morgan fingerprint density at radius 2 is 0.773 bits per heavy atom. The normalized spacial score (nSPS) is 14.0. The first-order valence-electron chi connectivity index (χ1n) is 23.2. The molecule has 0 spiro atoms. The molecule has 0 saturated carbocycles. The highest BCUT2D eigenvalue weighted by atomic mass is 16.3. The van der Waals surface area contributed by atoms with Crippen molar-refractivity contribution in [1.29, 1.82) is 0 Å². The van der Waals surface area contributed by atoms with Crippen LogP contribution in [0.5, 0.6) is 0 Å². The number of benzene rings is 10. The van der Waals surface area contributed by atoms with Gasteiger partial charge in [-0.05, 0) is 120 Å². The molecule has 0 fully saturated rings. The largest absolute Gasteiger partial charge is 0.455 e. The minimum atomic E-state index is -0.115. The maximum Gasteiger partial charge on any atom is 0.143 e. The lowest BCUT2D eigenvalue weighted by atomic mass is 9.82. The third-order valence-corrected chi connectivity index (χ3v) is 14.9. The molecular formula is C64H47NO. The van der Waals surface area contributed by atoms with E-state index in [4.69, 9.17) is 4.42 Å².